The van der Waals surface area contributed by atoms with Gasteiger partial charge < -0.3 is 0 Å². The van der Waals surface area contributed by atoms with Gasteiger partial charge in [0.05, 0.1) is 22.8 Å². The van der Waals surface area contributed by atoms with Crippen molar-refractivity contribution in [3.8, 4) is 11.3 Å². The fourth-order valence-electron chi connectivity index (χ4n) is 3.42. The number of aryl methyl sites for hydroxylation is 1. The Kier molecular flexibility index (Phi) is 5.49. The highest BCUT2D eigenvalue weighted by Gasteiger charge is 2.19. The van der Waals surface area contributed by atoms with Gasteiger partial charge in [-0.2, -0.15) is 5.10 Å². The van der Waals surface area contributed by atoms with Crippen LogP contribution in [0.3, 0.4) is 0 Å². The molecule has 7 nitrogen and oxygen atoms in total. The van der Waals surface area contributed by atoms with Crippen LogP contribution in [0.1, 0.15) is 46.2 Å². The summed E-state index contributed by atoms with van der Waals surface area (Å²) in [7, 11) is 0. The first kappa shape index (κ1) is 20.3. The molecular weight excluding hydrogens is 390 g/mol. The Bertz CT molecular complexity index is 1260. The van der Waals surface area contributed by atoms with Crippen molar-refractivity contribution < 1.29 is 9.59 Å². The van der Waals surface area contributed by atoms with Crippen LogP contribution in [-0.2, 0) is 0 Å². The molecule has 2 amide bonds. The Labute approximate surface area is 180 Å². The molecule has 0 aliphatic carbocycles. The summed E-state index contributed by atoms with van der Waals surface area (Å²) in [4.78, 5) is 30.3. The lowest BCUT2D eigenvalue weighted by Crippen LogP contribution is -2.42. The molecule has 0 spiro atoms. The summed E-state index contributed by atoms with van der Waals surface area (Å²) in [6.07, 6.45) is 1.63. The van der Waals surface area contributed by atoms with Crippen molar-refractivity contribution in [1.29, 1.82) is 0 Å². The molecule has 2 aromatic heterocycles. The van der Waals surface area contributed by atoms with Gasteiger partial charge in [0.2, 0.25) is 0 Å². The molecule has 4 rings (SSSR count). The monoisotopic (exact) mass is 413 g/mol. The van der Waals surface area contributed by atoms with E-state index in [2.05, 4.69) is 16.0 Å². The van der Waals surface area contributed by atoms with Gasteiger partial charge in [0, 0.05) is 17.2 Å². The Morgan fingerprint density at radius 2 is 1.55 bits per heavy atom. The van der Waals surface area contributed by atoms with Gasteiger partial charge in [-0.15, -0.1) is 0 Å². The van der Waals surface area contributed by atoms with E-state index in [0.29, 0.717) is 27.9 Å². The molecule has 0 saturated carbocycles. The predicted octanol–water partition coefficient (Wildman–Crippen LogP) is 4.06. The maximum absolute atomic E-state index is 13.1. The first-order valence-corrected chi connectivity index (χ1v) is 10.1. The molecule has 0 bridgehead atoms. The van der Waals surface area contributed by atoms with Gasteiger partial charge in [-0.25, -0.2) is 9.67 Å². The van der Waals surface area contributed by atoms with Crippen molar-refractivity contribution in [3.63, 3.8) is 0 Å². The largest absolute Gasteiger partial charge is 0.270 e. The zero-order chi connectivity index (χ0) is 22.0. The summed E-state index contributed by atoms with van der Waals surface area (Å²) >= 11 is 0. The lowest BCUT2D eigenvalue weighted by atomic mass is 10.1. The van der Waals surface area contributed by atoms with Crippen molar-refractivity contribution in [1.82, 2.24) is 25.6 Å². The maximum atomic E-state index is 13.1. The summed E-state index contributed by atoms with van der Waals surface area (Å²) in [5.74, 6) is -0.812. The summed E-state index contributed by atoms with van der Waals surface area (Å²) < 4.78 is 1.78. The van der Waals surface area contributed by atoms with E-state index in [1.165, 1.54) is 0 Å². The van der Waals surface area contributed by atoms with Crippen LogP contribution in [0.2, 0.25) is 0 Å². The van der Waals surface area contributed by atoms with Crippen LogP contribution in [0.15, 0.2) is 66.9 Å². The quantitative estimate of drug-likeness (QED) is 0.494. The molecule has 7 heteroatoms. The normalized spacial score (nSPS) is 11.0. The highest BCUT2D eigenvalue weighted by molar-refractivity contribution is 6.07. The number of nitrogens with one attached hydrogen (secondary N) is 2. The number of pyridine rings is 1. The molecule has 2 aromatic carbocycles. The zero-order valence-corrected chi connectivity index (χ0v) is 17.6. The Morgan fingerprint density at radius 1 is 0.903 bits per heavy atom. The molecule has 0 aliphatic heterocycles. The second kappa shape index (κ2) is 8.39. The number of carbonyl (C=O) groups is 2. The molecule has 0 unspecified atom stereocenters. The number of hydrogen-bond donors (Lipinski definition) is 2. The highest BCUT2D eigenvalue weighted by atomic mass is 16.2. The van der Waals surface area contributed by atoms with E-state index >= 15 is 0 Å². The first-order valence-electron chi connectivity index (χ1n) is 10.1. The summed E-state index contributed by atoms with van der Waals surface area (Å²) in [6, 6.07) is 18.6. The first-order chi connectivity index (χ1) is 15.0. The standard InChI is InChI=1S/C24H23N5O2/c1-15(2)29-22-20(14-25-29)19(13-21(26-22)17-10-5-4-6-11-17)24(31)28-27-23(30)18-12-8-7-9-16(18)3/h4-15H,1-3H3,(H,27,30)(H,28,31). The summed E-state index contributed by atoms with van der Waals surface area (Å²) in [6.45, 7) is 5.85. The van der Waals surface area contributed by atoms with E-state index in [1.54, 1.807) is 29.1 Å². The Balaban J connectivity index is 1.69. The van der Waals surface area contributed by atoms with Crippen molar-refractivity contribution in [2.24, 2.45) is 0 Å². The van der Waals surface area contributed by atoms with Gasteiger partial charge in [0.25, 0.3) is 11.8 Å². The second-order valence-corrected chi connectivity index (χ2v) is 7.56. The van der Waals surface area contributed by atoms with Crippen LogP contribution >= 0.6 is 0 Å². The lowest BCUT2D eigenvalue weighted by Gasteiger charge is -2.12. The molecule has 4 aromatic rings. The van der Waals surface area contributed by atoms with Crippen LogP contribution in [0.4, 0.5) is 0 Å². The number of nitrogens with zero attached hydrogens (tertiary/aromatic N) is 3. The molecule has 0 atom stereocenters. The maximum Gasteiger partial charge on any atom is 0.270 e. The second-order valence-electron chi connectivity index (χ2n) is 7.56. The van der Waals surface area contributed by atoms with Gasteiger partial charge in [-0.05, 0) is 38.5 Å². The summed E-state index contributed by atoms with van der Waals surface area (Å²) in [5.41, 5.74) is 8.91. The average Bonchev–Trinajstić information content (AvgIpc) is 3.22. The number of aromatic nitrogens is 3. The topological polar surface area (TPSA) is 88.9 Å². The minimum Gasteiger partial charge on any atom is -0.267 e. The molecule has 0 radical (unpaired) electrons. The van der Waals surface area contributed by atoms with Crippen LogP contribution in [0, 0.1) is 6.92 Å². The number of hydrogen-bond acceptors (Lipinski definition) is 4. The number of rotatable bonds is 4. The number of carbonyl (C=O) groups excluding carboxylic acids is 2. The number of benzene rings is 2. The van der Waals surface area contributed by atoms with Gasteiger partial charge in [0.1, 0.15) is 0 Å². The van der Waals surface area contributed by atoms with E-state index < -0.39 is 5.91 Å². The van der Waals surface area contributed by atoms with Crippen molar-refractivity contribution >= 4 is 22.8 Å². The molecule has 0 aliphatic rings. The van der Waals surface area contributed by atoms with E-state index in [4.69, 9.17) is 4.98 Å². The van der Waals surface area contributed by atoms with Crippen molar-refractivity contribution in [2.45, 2.75) is 26.8 Å². The van der Waals surface area contributed by atoms with Crippen LogP contribution in [-0.4, -0.2) is 26.6 Å². The number of hydrazine groups is 1. The van der Waals surface area contributed by atoms with Crippen LogP contribution < -0.4 is 10.9 Å². The van der Waals surface area contributed by atoms with Crippen LogP contribution in [0.25, 0.3) is 22.3 Å². The van der Waals surface area contributed by atoms with Crippen molar-refractivity contribution in [3.05, 3.63) is 83.6 Å². The lowest BCUT2D eigenvalue weighted by molar-refractivity contribution is 0.0847. The third kappa shape index (κ3) is 4.02. The van der Waals surface area contributed by atoms with E-state index in [0.717, 1.165) is 11.1 Å². The zero-order valence-electron chi connectivity index (χ0n) is 17.6. The highest BCUT2D eigenvalue weighted by Crippen LogP contribution is 2.26. The summed E-state index contributed by atoms with van der Waals surface area (Å²) in [5, 5.41) is 5.04. The third-order valence-electron chi connectivity index (χ3n) is 5.05. The molecule has 156 valence electrons. The predicted molar refractivity (Wildman–Crippen MR) is 119 cm³/mol. The average molecular weight is 413 g/mol. The fourth-order valence-corrected chi connectivity index (χ4v) is 3.42. The Morgan fingerprint density at radius 3 is 2.23 bits per heavy atom. The fraction of sp³-hybridized carbons (Fsp3) is 0.167. The minimum atomic E-state index is -0.435. The smallest absolute Gasteiger partial charge is 0.267 e. The van der Waals surface area contributed by atoms with Gasteiger partial charge in [0.15, 0.2) is 5.65 Å². The van der Waals surface area contributed by atoms with Crippen molar-refractivity contribution in [2.75, 3.05) is 0 Å². The Hall–Kier alpha value is -4.00. The molecular formula is C24H23N5O2. The number of fused-ring (bicyclic) bond motifs is 1. The van der Waals surface area contributed by atoms with Gasteiger partial charge >= 0.3 is 0 Å². The third-order valence-corrected chi connectivity index (χ3v) is 5.05. The van der Waals surface area contributed by atoms with Gasteiger partial charge in [-0.1, -0.05) is 48.5 Å². The molecule has 2 heterocycles. The van der Waals surface area contributed by atoms with E-state index in [9.17, 15) is 9.59 Å². The molecule has 31 heavy (non-hydrogen) atoms. The van der Waals surface area contributed by atoms with Crippen LogP contribution in [0.5, 0.6) is 0 Å². The SMILES string of the molecule is Cc1ccccc1C(=O)NNC(=O)c1cc(-c2ccccc2)nc2c1cnn2C(C)C. The molecule has 2 N–H and O–H groups in total. The molecule has 0 saturated heterocycles. The minimum absolute atomic E-state index is 0.0766. The molecule has 0 fully saturated rings. The number of amides is 2. The van der Waals surface area contributed by atoms with E-state index in [1.807, 2.05) is 63.2 Å². The van der Waals surface area contributed by atoms with E-state index in [-0.39, 0.29) is 11.9 Å². The van der Waals surface area contributed by atoms with Gasteiger partial charge in [-0.3, -0.25) is 20.4 Å².